The quantitative estimate of drug-likeness (QED) is 0.650. The molecule has 0 heterocycles. The highest BCUT2D eigenvalue weighted by Gasteiger charge is 2.18. The monoisotopic (exact) mass is 336 g/mol. The van der Waals surface area contributed by atoms with Crippen LogP contribution in [0.15, 0.2) is 22.7 Å². The van der Waals surface area contributed by atoms with Crippen molar-refractivity contribution in [3.8, 4) is 0 Å². The molecule has 0 aliphatic heterocycles. The van der Waals surface area contributed by atoms with E-state index in [1.54, 1.807) is 25.1 Å². The van der Waals surface area contributed by atoms with Crippen molar-refractivity contribution in [3.05, 3.63) is 28.2 Å². The number of nitrogens with one attached hydrogen (secondary N) is 1. The van der Waals surface area contributed by atoms with E-state index in [0.717, 1.165) is 4.47 Å². The van der Waals surface area contributed by atoms with Crippen LogP contribution in [0.2, 0.25) is 0 Å². The van der Waals surface area contributed by atoms with Crippen molar-refractivity contribution in [1.82, 2.24) is 5.32 Å². The number of esters is 1. The molecule has 3 N–H and O–H groups in total. The minimum absolute atomic E-state index is 0. The number of amides is 1. The van der Waals surface area contributed by atoms with Crippen molar-refractivity contribution in [2.24, 2.45) is 0 Å². The molecule has 0 spiro atoms. The summed E-state index contributed by atoms with van der Waals surface area (Å²) in [6.07, 6.45) is 0. The number of halogens is 2. The van der Waals surface area contributed by atoms with Gasteiger partial charge in [-0.15, -0.1) is 12.4 Å². The Kier molecular flexibility index (Phi) is 6.72. The topological polar surface area (TPSA) is 81.4 Å². The van der Waals surface area contributed by atoms with Crippen molar-refractivity contribution in [1.29, 1.82) is 0 Å². The maximum absolute atomic E-state index is 11.8. The Labute approximate surface area is 120 Å². The minimum Gasteiger partial charge on any atom is -0.467 e. The summed E-state index contributed by atoms with van der Waals surface area (Å²) >= 11 is 3.24. The van der Waals surface area contributed by atoms with Crippen LogP contribution >= 0.6 is 28.3 Å². The van der Waals surface area contributed by atoms with Crippen LogP contribution < -0.4 is 11.1 Å². The zero-order valence-electron chi connectivity index (χ0n) is 9.90. The van der Waals surface area contributed by atoms with Crippen molar-refractivity contribution in [2.45, 2.75) is 13.0 Å². The van der Waals surface area contributed by atoms with Crippen molar-refractivity contribution >= 4 is 45.9 Å². The first-order valence-electron chi connectivity index (χ1n) is 4.89. The normalized spacial score (nSPS) is 11.1. The van der Waals surface area contributed by atoms with Gasteiger partial charge >= 0.3 is 5.97 Å². The second kappa shape index (κ2) is 7.23. The maximum Gasteiger partial charge on any atom is 0.328 e. The summed E-state index contributed by atoms with van der Waals surface area (Å²) in [5, 5.41) is 2.50. The van der Waals surface area contributed by atoms with E-state index in [0.29, 0.717) is 11.3 Å². The van der Waals surface area contributed by atoms with E-state index >= 15 is 0 Å². The summed E-state index contributed by atoms with van der Waals surface area (Å²) in [7, 11) is 1.26. The van der Waals surface area contributed by atoms with Crippen LogP contribution in [-0.2, 0) is 9.53 Å². The van der Waals surface area contributed by atoms with Gasteiger partial charge in [-0.25, -0.2) is 4.79 Å². The van der Waals surface area contributed by atoms with Gasteiger partial charge in [0.1, 0.15) is 6.04 Å². The smallest absolute Gasteiger partial charge is 0.328 e. The van der Waals surface area contributed by atoms with Gasteiger partial charge in [-0.05, 0) is 25.1 Å². The molecule has 100 valence electrons. The second-order valence-electron chi connectivity index (χ2n) is 3.45. The molecule has 5 nitrogen and oxygen atoms in total. The SMILES string of the molecule is COC(=O)C(C)NC(=O)c1ccc(Br)cc1N.Cl. The number of carbonyl (C=O) groups excluding carboxylic acids is 2. The molecule has 0 saturated heterocycles. The molecule has 0 saturated carbocycles. The average molecular weight is 338 g/mol. The fourth-order valence-corrected chi connectivity index (χ4v) is 1.63. The largest absolute Gasteiger partial charge is 0.467 e. The molecule has 0 radical (unpaired) electrons. The van der Waals surface area contributed by atoms with Gasteiger partial charge in [0.05, 0.1) is 12.7 Å². The highest BCUT2D eigenvalue weighted by atomic mass is 79.9. The minimum atomic E-state index is -0.712. The van der Waals surface area contributed by atoms with Gasteiger partial charge in [0.15, 0.2) is 0 Å². The number of hydrogen-bond donors (Lipinski definition) is 2. The predicted molar refractivity (Wildman–Crippen MR) is 74.7 cm³/mol. The molecule has 0 fully saturated rings. The number of methoxy groups -OCH3 is 1. The van der Waals surface area contributed by atoms with E-state index in [1.165, 1.54) is 7.11 Å². The standard InChI is InChI=1S/C11H13BrN2O3.ClH/c1-6(11(16)17-2)14-10(15)8-4-3-7(12)5-9(8)13;/h3-6H,13H2,1-2H3,(H,14,15);1H. The molecule has 1 aromatic carbocycles. The number of nitrogens with two attached hydrogens (primary N) is 1. The van der Waals surface area contributed by atoms with Gasteiger partial charge in [0.2, 0.25) is 0 Å². The fourth-order valence-electron chi connectivity index (χ4n) is 1.25. The fraction of sp³-hybridized carbons (Fsp3) is 0.273. The van der Waals surface area contributed by atoms with Crippen LogP contribution in [0.25, 0.3) is 0 Å². The number of anilines is 1. The average Bonchev–Trinajstić information content (AvgIpc) is 2.27. The zero-order valence-corrected chi connectivity index (χ0v) is 12.3. The van der Waals surface area contributed by atoms with Gasteiger partial charge in [0.25, 0.3) is 5.91 Å². The number of ether oxygens (including phenoxy) is 1. The van der Waals surface area contributed by atoms with Gasteiger partial charge in [-0.2, -0.15) is 0 Å². The van der Waals surface area contributed by atoms with Gasteiger partial charge in [0, 0.05) is 10.2 Å². The molecule has 0 aliphatic carbocycles. The van der Waals surface area contributed by atoms with Gasteiger partial charge in [-0.3, -0.25) is 4.79 Å². The number of benzene rings is 1. The summed E-state index contributed by atoms with van der Waals surface area (Å²) < 4.78 is 5.29. The highest BCUT2D eigenvalue weighted by molar-refractivity contribution is 9.10. The Bertz CT molecular complexity index is 454. The molecule has 1 aromatic rings. The predicted octanol–water partition coefficient (Wildman–Crippen LogP) is 1.74. The lowest BCUT2D eigenvalue weighted by molar-refractivity contribution is -0.142. The second-order valence-corrected chi connectivity index (χ2v) is 4.37. The molecule has 0 aromatic heterocycles. The van der Waals surface area contributed by atoms with Crippen LogP contribution in [-0.4, -0.2) is 25.0 Å². The third kappa shape index (κ3) is 4.19. The number of nitrogen functional groups attached to an aromatic ring is 1. The van der Waals surface area contributed by atoms with Gasteiger partial charge in [-0.1, -0.05) is 15.9 Å². The van der Waals surface area contributed by atoms with E-state index < -0.39 is 17.9 Å². The summed E-state index contributed by atoms with van der Waals surface area (Å²) in [4.78, 5) is 22.9. The lowest BCUT2D eigenvalue weighted by Crippen LogP contribution is -2.39. The summed E-state index contributed by atoms with van der Waals surface area (Å²) in [6, 6.07) is 4.19. The van der Waals surface area contributed by atoms with Crippen LogP contribution in [0, 0.1) is 0 Å². The number of carbonyl (C=O) groups is 2. The molecule has 7 heteroatoms. The van der Waals surface area contributed by atoms with Gasteiger partial charge < -0.3 is 15.8 Å². The number of rotatable bonds is 3. The first-order valence-corrected chi connectivity index (χ1v) is 5.68. The Hall–Kier alpha value is -1.27. The molecule has 1 rings (SSSR count). The third-order valence-electron chi connectivity index (χ3n) is 2.16. The van der Waals surface area contributed by atoms with E-state index in [-0.39, 0.29) is 12.4 Å². The molecular weight excluding hydrogens is 323 g/mol. The van der Waals surface area contributed by atoms with E-state index in [9.17, 15) is 9.59 Å². The maximum atomic E-state index is 11.8. The van der Waals surface area contributed by atoms with E-state index in [1.807, 2.05) is 0 Å². The van der Waals surface area contributed by atoms with Crippen LogP contribution in [0.5, 0.6) is 0 Å². The van der Waals surface area contributed by atoms with Crippen LogP contribution in [0.3, 0.4) is 0 Å². The molecule has 0 aliphatic rings. The lowest BCUT2D eigenvalue weighted by atomic mass is 10.1. The summed E-state index contributed by atoms with van der Waals surface area (Å²) in [5.41, 5.74) is 6.36. The Morgan fingerprint density at radius 3 is 2.56 bits per heavy atom. The Morgan fingerprint density at radius 1 is 1.44 bits per heavy atom. The summed E-state index contributed by atoms with van der Waals surface area (Å²) in [5.74, 6) is -0.915. The van der Waals surface area contributed by atoms with E-state index in [2.05, 4.69) is 26.0 Å². The lowest BCUT2D eigenvalue weighted by Gasteiger charge is -2.12. The first-order chi connectivity index (χ1) is 7.95. The molecule has 1 unspecified atom stereocenters. The molecule has 18 heavy (non-hydrogen) atoms. The number of hydrogen-bond acceptors (Lipinski definition) is 4. The van der Waals surface area contributed by atoms with Crippen molar-refractivity contribution in [2.75, 3.05) is 12.8 Å². The Morgan fingerprint density at radius 2 is 2.06 bits per heavy atom. The molecule has 1 atom stereocenters. The van der Waals surface area contributed by atoms with Crippen molar-refractivity contribution < 1.29 is 14.3 Å². The third-order valence-corrected chi connectivity index (χ3v) is 2.65. The highest BCUT2D eigenvalue weighted by Crippen LogP contribution is 2.18. The Balaban J connectivity index is 0.00000289. The van der Waals surface area contributed by atoms with Crippen molar-refractivity contribution in [3.63, 3.8) is 0 Å². The zero-order chi connectivity index (χ0) is 13.0. The van der Waals surface area contributed by atoms with Crippen LogP contribution in [0.1, 0.15) is 17.3 Å². The summed E-state index contributed by atoms with van der Waals surface area (Å²) in [6.45, 7) is 1.54. The molecule has 0 bridgehead atoms. The first kappa shape index (κ1) is 16.7. The van der Waals surface area contributed by atoms with E-state index in [4.69, 9.17) is 5.73 Å². The van der Waals surface area contributed by atoms with Crippen LogP contribution in [0.4, 0.5) is 5.69 Å². The molecular formula is C11H14BrClN2O3. The molecule has 1 amide bonds.